The number of halogens is 2. The van der Waals surface area contributed by atoms with Crippen molar-refractivity contribution in [3.63, 3.8) is 0 Å². The molecule has 5 nitrogen and oxygen atoms in total. The number of aromatic nitrogens is 2. The fourth-order valence-corrected chi connectivity index (χ4v) is 3.32. The van der Waals surface area contributed by atoms with E-state index in [1.165, 1.54) is 12.1 Å². The zero-order chi connectivity index (χ0) is 16.5. The molecule has 0 spiro atoms. The Balaban J connectivity index is 0.00000182. The molecular weight excluding hydrogens is 343 g/mol. The molecule has 1 saturated carbocycles. The lowest BCUT2D eigenvalue weighted by Gasteiger charge is -2.23. The summed E-state index contributed by atoms with van der Waals surface area (Å²) in [6.07, 6.45) is 3.62. The quantitative estimate of drug-likeness (QED) is 0.856. The fourth-order valence-electron chi connectivity index (χ4n) is 3.32. The van der Waals surface area contributed by atoms with E-state index < -0.39 is 0 Å². The molecule has 25 heavy (non-hydrogen) atoms. The Morgan fingerprint density at radius 3 is 2.96 bits per heavy atom. The van der Waals surface area contributed by atoms with Crippen molar-refractivity contribution in [2.45, 2.75) is 38.3 Å². The van der Waals surface area contributed by atoms with Crippen molar-refractivity contribution in [3.05, 3.63) is 52.6 Å². The summed E-state index contributed by atoms with van der Waals surface area (Å²) in [5, 5.41) is 10.6. The second-order valence-corrected chi connectivity index (χ2v) is 6.57. The van der Waals surface area contributed by atoms with E-state index in [1.807, 2.05) is 11.0 Å². The monoisotopic (exact) mass is 364 g/mol. The molecule has 1 aliphatic carbocycles. The molecule has 0 bridgehead atoms. The number of rotatable bonds is 5. The number of hydrogen-bond acceptors (Lipinski definition) is 3. The summed E-state index contributed by atoms with van der Waals surface area (Å²) in [6.45, 7) is 2.20. The van der Waals surface area contributed by atoms with Crippen LogP contribution in [0.1, 0.15) is 40.2 Å². The molecule has 2 N–H and O–H groups in total. The van der Waals surface area contributed by atoms with E-state index in [0.717, 1.165) is 42.6 Å². The summed E-state index contributed by atoms with van der Waals surface area (Å²) >= 11 is 0. The third-order valence-electron chi connectivity index (χ3n) is 4.79. The molecule has 0 saturated heterocycles. The van der Waals surface area contributed by atoms with Crippen LogP contribution >= 0.6 is 12.4 Å². The van der Waals surface area contributed by atoms with Crippen LogP contribution in [0, 0.1) is 5.82 Å². The Hall–Kier alpha value is -1.92. The Bertz CT molecular complexity index is 759. The third kappa shape index (κ3) is 3.85. The molecule has 1 aliphatic heterocycles. The highest BCUT2D eigenvalue weighted by Crippen LogP contribution is 2.29. The Morgan fingerprint density at radius 2 is 2.20 bits per heavy atom. The summed E-state index contributed by atoms with van der Waals surface area (Å²) in [5.74, 6) is -0.237. The molecule has 1 amide bonds. The lowest BCUT2D eigenvalue weighted by atomic mass is 10.1. The molecule has 2 heterocycles. The zero-order valence-corrected chi connectivity index (χ0v) is 14.7. The standard InChI is InChI=1S/C18H21FN4O.ClH/c19-13-3-1-2-12(10-13)7-9-23(14-4-5-14)18(24)17-15-11-20-8-6-16(15)21-22-17;/h1-3,10,14,20H,4-9,11H2,(H,21,22);1H. The predicted octanol–water partition coefficient (Wildman–Crippen LogP) is 2.46. The third-order valence-corrected chi connectivity index (χ3v) is 4.79. The first-order chi connectivity index (χ1) is 11.7. The molecule has 1 aromatic carbocycles. The average Bonchev–Trinajstić information content (AvgIpc) is 3.33. The largest absolute Gasteiger partial charge is 0.334 e. The minimum Gasteiger partial charge on any atom is -0.334 e. The van der Waals surface area contributed by atoms with Crippen LogP contribution in [0.2, 0.25) is 0 Å². The van der Waals surface area contributed by atoms with Gasteiger partial charge in [-0.05, 0) is 37.0 Å². The summed E-state index contributed by atoms with van der Waals surface area (Å²) in [6, 6.07) is 6.89. The van der Waals surface area contributed by atoms with Crippen LogP contribution in [0.5, 0.6) is 0 Å². The van der Waals surface area contributed by atoms with Crippen molar-refractivity contribution in [2.75, 3.05) is 13.1 Å². The highest BCUT2D eigenvalue weighted by molar-refractivity contribution is 5.94. The number of nitrogens with zero attached hydrogens (tertiary/aromatic N) is 2. The molecule has 1 fully saturated rings. The molecule has 2 aliphatic rings. The SMILES string of the molecule is Cl.O=C(c1n[nH]c2c1CNCC2)N(CCc1cccc(F)c1)C1CC1. The number of H-pyrrole nitrogens is 1. The molecule has 0 atom stereocenters. The summed E-state index contributed by atoms with van der Waals surface area (Å²) in [5.41, 5.74) is 3.53. The van der Waals surface area contributed by atoms with Gasteiger partial charge in [-0.2, -0.15) is 5.10 Å². The minimum absolute atomic E-state index is 0. The van der Waals surface area contributed by atoms with Crippen LogP contribution in [0.4, 0.5) is 4.39 Å². The second-order valence-electron chi connectivity index (χ2n) is 6.57. The molecule has 2 aromatic rings. The van der Waals surface area contributed by atoms with Crippen LogP contribution in [0.25, 0.3) is 0 Å². The minimum atomic E-state index is -0.232. The van der Waals surface area contributed by atoms with E-state index in [-0.39, 0.29) is 24.1 Å². The Kier molecular flexibility index (Phi) is 5.39. The first-order valence-electron chi connectivity index (χ1n) is 8.54. The maximum atomic E-state index is 13.3. The number of carbonyl (C=O) groups is 1. The lowest BCUT2D eigenvalue weighted by molar-refractivity contribution is 0.0737. The number of hydrogen-bond donors (Lipinski definition) is 2. The van der Waals surface area contributed by atoms with Gasteiger partial charge in [0, 0.05) is 43.4 Å². The predicted molar refractivity (Wildman–Crippen MR) is 95.4 cm³/mol. The van der Waals surface area contributed by atoms with Crippen molar-refractivity contribution in [1.29, 1.82) is 0 Å². The maximum Gasteiger partial charge on any atom is 0.274 e. The molecule has 4 rings (SSSR count). The molecule has 7 heteroatoms. The van der Waals surface area contributed by atoms with Gasteiger partial charge in [0.05, 0.1) is 0 Å². The molecule has 1 aromatic heterocycles. The van der Waals surface area contributed by atoms with Crippen LogP contribution in [0.3, 0.4) is 0 Å². The van der Waals surface area contributed by atoms with Gasteiger partial charge in [0.1, 0.15) is 5.82 Å². The number of nitrogens with one attached hydrogen (secondary N) is 2. The number of amides is 1. The van der Waals surface area contributed by atoms with Crippen LogP contribution in [-0.4, -0.2) is 40.1 Å². The van der Waals surface area contributed by atoms with Crippen LogP contribution in [0.15, 0.2) is 24.3 Å². The van der Waals surface area contributed by atoms with Gasteiger partial charge in [-0.15, -0.1) is 12.4 Å². The highest BCUT2D eigenvalue weighted by Gasteiger charge is 2.35. The van der Waals surface area contributed by atoms with Crippen molar-refractivity contribution in [1.82, 2.24) is 20.4 Å². The van der Waals surface area contributed by atoms with Crippen molar-refractivity contribution in [3.8, 4) is 0 Å². The summed E-state index contributed by atoms with van der Waals surface area (Å²) in [7, 11) is 0. The van der Waals surface area contributed by atoms with E-state index in [4.69, 9.17) is 0 Å². The second kappa shape index (κ2) is 7.54. The van der Waals surface area contributed by atoms with E-state index in [0.29, 0.717) is 31.2 Å². The van der Waals surface area contributed by atoms with Crippen LogP contribution in [-0.2, 0) is 19.4 Å². The van der Waals surface area contributed by atoms with E-state index in [1.54, 1.807) is 6.07 Å². The number of carbonyl (C=O) groups excluding carboxylic acids is 1. The molecular formula is C18H22ClFN4O. The summed E-state index contributed by atoms with van der Waals surface area (Å²) in [4.78, 5) is 14.9. The number of benzene rings is 1. The van der Waals surface area contributed by atoms with Crippen molar-refractivity contribution >= 4 is 18.3 Å². The number of fused-ring (bicyclic) bond motifs is 1. The number of aromatic amines is 1. The Morgan fingerprint density at radius 1 is 1.36 bits per heavy atom. The smallest absolute Gasteiger partial charge is 0.274 e. The topological polar surface area (TPSA) is 61.0 Å². The first-order valence-corrected chi connectivity index (χ1v) is 8.54. The normalized spacial score (nSPS) is 16.0. The van der Waals surface area contributed by atoms with Crippen molar-refractivity contribution in [2.24, 2.45) is 0 Å². The van der Waals surface area contributed by atoms with Gasteiger partial charge < -0.3 is 10.2 Å². The van der Waals surface area contributed by atoms with E-state index in [9.17, 15) is 9.18 Å². The van der Waals surface area contributed by atoms with Gasteiger partial charge in [0.15, 0.2) is 5.69 Å². The van der Waals surface area contributed by atoms with Gasteiger partial charge >= 0.3 is 0 Å². The first kappa shape index (κ1) is 17.9. The zero-order valence-electron chi connectivity index (χ0n) is 13.9. The van der Waals surface area contributed by atoms with Gasteiger partial charge in [-0.1, -0.05) is 12.1 Å². The van der Waals surface area contributed by atoms with Gasteiger partial charge in [-0.25, -0.2) is 4.39 Å². The fraction of sp³-hybridized carbons (Fsp3) is 0.444. The maximum absolute atomic E-state index is 13.3. The van der Waals surface area contributed by atoms with Gasteiger partial charge in [0.2, 0.25) is 0 Å². The molecule has 134 valence electrons. The van der Waals surface area contributed by atoms with Gasteiger partial charge in [0.25, 0.3) is 5.91 Å². The van der Waals surface area contributed by atoms with E-state index >= 15 is 0 Å². The Labute approximate surface area is 152 Å². The molecule has 0 unspecified atom stereocenters. The average molecular weight is 365 g/mol. The van der Waals surface area contributed by atoms with Crippen LogP contribution < -0.4 is 5.32 Å². The van der Waals surface area contributed by atoms with Gasteiger partial charge in [-0.3, -0.25) is 9.89 Å². The lowest BCUT2D eigenvalue weighted by Crippen LogP contribution is -2.36. The summed E-state index contributed by atoms with van der Waals surface area (Å²) < 4.78 is 13.3. The molecule has 0 radical (unpaired) electrons. The highest BCUT2D eigenvalue weighted by atomic mass is 35.5. The van der Waals surface area contributed by atoms with Crippen molar-refractivity contribution < 1.29 is 9.18 Å². The van der Waals surface area contributed by atoms with E-state index in [2.05, 4.69) is 15.5 Å².